The molecule has 4 rings (SSSR count). The predicted octanol–water partition coefficient (Wildman–Crippen LogP) is 5.54. The van der Waals surface area contributed by atoms with Crippen molar-refractivity contribution in [2.45, 2.75) is 32.2 Å². The van der Waals surface area contributed by atoms with Crippen molar-refractivity contribution in [3.05, 3.63) is 101 Å². The van der Waals surface area contributed by atoms with Crippen LogP contribution in [0.4, 0.5) is 0 Å². The number of rotatable bonds is 10. The average Bonchev–Trinajstić information content (AvgIpc) is 3.17. The van der Waals surface area contributed by atoms with Gasteiger partial charge in [0, 0.05) is 12.1 Å². The zero-order chi connectivity index (χ0) is 25.5. The first kappa shape index (κ1) is 25.0. The van der Waals surface area contributed by atoms with Gasteiger partial charge in [0.1, 0.15) is 17.3 Å². The van der Waals surface area contributed by atoms with Gasteiger partial charge in [-0.05, 0) is 48.2 Å². The molecular formula is C30H31NO5. The van der Waals surface area contributed by atoms with Gasteiger partial charge in [0.05, 0.1) is 25.3 Å². The highest BCUT2D eigenvalue weighted by Crippen LogP contribution is 2.40. The van der Waals surface area contributed by atoms with E-state index in [1.807, 2.05) is 54.6 Å². The van der Waals surface area contributed by atoms with Crippen LogP contribution in [0.3, 0.4) is 0 Å². The lowest BCUT2D eigenvalue weighted by atomic mass is 9.95. The van der Waals surface area contributed by atoms with Crippen molar-refractivity contribution in [2.24, 2.45) is 0 Å². The van der Waals surface area contributed by atoms with Crippen LogP contribution in [0.25, 0.3) is 5.76 Å². The lowest BCUT2D eigenvalue weighted by molar-refractivity contribution is -0.139. The summed E-state index contributed by atoms with van der Waals surface area (Å²) >= 11 is 0. The van der Waals surface area contributed by atoms with Crippen LogP contribution in [0, 0.1) is 0 Å². The summed E-state index contributed by atoms with van der Waals surface area (Å²) in [5, 5.41) is 11.3. The molecule has 1 amide bonds. The van der Waals surface area contributed by atoms with E-state index in [1.54, 1.807) is 29.2 Å². The summed E-state index contributed by atoms with van der Waals surface area (Å²) in [6, 6.07) is 23.3. The maximum Gasteiger partial charge on any atom is 0.295 e. The lowest BCUT2D eigenvalue weighted by Gasteiger charge is -2.25. The SMILES string of the molecule is CCCCOc1ccc(C2C(=C(O)c3cccc(OC)c3)C(=O)C(=O)N2CCc2ccccc2)cc1. The second kappa shape index (κ2) is 11.6. The minimum Gasteiger partial charge on any atom is -0.507 e. The zero-order valence-electron chi connectivity index (χ0n) is 20.6. The fraction of sp³-hybridized carbons (Fsp3) is 0.267. The third-order valence-electron chi connectivity index (χ3n) is 6.33. The number of likely N-dealkylation sites (tertiary alicyclic amines) is 1. The van der Waals surface area contributed by atoms with Crippen molar-refractivity contribution >= 4 is 17.4 Å². The number of aliphatic hydroxyl groups excluding tert-OH is 1. The third-order valence-corrected chi connectivity index (χ3v) is 6.33. The van der Waals surface area contributed by atoms with E-state index in [9.17, 15) is 14.7 Å². The highest BCUT2D eigenvalue weighted by atomic mass is 16.5. The van der Waals surface area contributed by atoms with Gasteiger partial charge in [0.25, 0.3) is 11.7 Å². The van der Waals surface area contributed by atoms with Crippen LogP contribution >= 0.6 is 0 Å². The van der Waals surface area contributed by atoms with Crippen LogP contribution in [0.15, 0.2) is 84.4 Å². The number of nitrogens with zero attached hydrogens (tertiary/aromatic N) is 1. The molecule has 6 heteroatoms. The summed E-state index contributed by atoms with van der Waals surface area (Å²) in [6.45, 7) is 3.07. The Morgan fingerprint density at radius 1 is 0.944 bits per heavy atom. The van der Waals surface area contributed by atoms with Gasteiger partial charge in [-0.3, -0.25) is 9.59 Å². The van der Waals surface area contributed by atoms with Crippen LogP contribution in [0.1, 0.15) is 42.5 Å². The number of carbonyl (C=O) groups excluding carboxylic acids is 2. The predicted molar refractivity (Wildman–Crippen MR) is 139 cm³/mol. The Morgan fingerprint density at radius 2 is 1.69 bits per heavy atom. The van der Waals surface area contributed by atoms with Gasteiger partial charge in [-0.1, -0.05) is 67.9 Å². The topological polar surface area (TPSA) is 76.1 Å². The normalized spacial score (nSPS) is 16.8. The van der Waals surface area contributed by atoms with Crippen LogP contribution < -0.4 is 9.47 Å². The average molecular weight is 486 g/mol. The molecule has 3 aromatic rings. The summed E-state index contributed by atoms with van der Waals surface area (Å²) < 4.78 is 11.1. The van der Waals surface area contributed by atoms with E-state index in [1.165, 1.54) is 7.11 Å². The Labute approximate surface area is 211 Å². The molecule has 0 radical (unpaired) electrons. The van der Waals surface area contributed by atoms with Gasteiger partial charge in [-0.2, -0.15) is 0 Å². The molecule has 0 saturated carbocycles. The summed E-state index contributed by atoms with van der Waals surface area (Å²) in [5.41, 5.74) is 2.28. The van der Waals surface area contributed by atoms with Crippen molar-refractivity contribution < 1.29 is 24.2 Å². The van der Waals surface area contributed by atoms with Crippen molar-refractivity contribution in [2.75, 3.05) is 20.3 Å². The van der Waals surface area contributed by atoms with Gasteiger partial charge in [0.15, 0.2) is 0 Å². The quantitative estimate of drug-likeness (QED) is 0.177. The standard InChI is InChI=1S/C30H31NO5/c1-3-4-19-36-24-15-13-22(14-16-24)27-26(28(32)23-11-8-12-25(20-23)35-2)29(33)30(34)31(27)18-17-21-9-6-5-7-10-21/h5-16,20,27,32H,3-4,17-19H2,1-2H3. The third kappa shape index (κ3) is 5.43. The summed E-state index contributed by atoms with van der Waals surface area (Å²) in [6.07, 6.45) is 2.59. The number of benzene rings is 3. The molecule has 0 bridgehead atoms. The molecule has 3 aromatic carbocycles. The first-order valence-corrected chi connectivity index (χ1v) is 12.2. The summed E-state index contributed by atoms with van der Waals surface area (Å²) in [5.74, 6) is -0.272. The number of aliphatic hydroxyl groups is 1. The van der Waals surface area contributed by atoms with Crippen molar-refractivity contribution in [1.29, 1.82) is 0 Å². The number of ether oxygens (including phenoxy) is 2. The molecule has 1 aliphatic rings. The van der Waals surface area contributed by atoms with E-state index >= 15 is 0 Å². The first-order chi connectivity index (χ1) is 17.5. The molecule has 1 N–H and O–H groups in total. The van der Waals surface area contributed by atoms with E-state index in [4.69, 9.17) is 9.47 Å². The Bertz CT molecular complexity index is 1230. The highest BCUT2D eigenvalue weighted by molar-refractivity contribution is 6.46. The number of carbonyl (C=O) groups is 2. The summed E-state index contributed by atoms with van der Waals surface area (Å²) in [7, 11) is 1.53. The largest absolute Gasteiger partial charge is 0.507 e. The van der Waals surface area contributed by atoms with E-state index in [2.05, 4.69) is 6.92 Å². The van der Waals surface area contributed by atoms with E-state index < -0.39 is 17.7 Å². The zero-order valence-corrected chi connectivity index (χ0v) is 20.6. The fourth-order valence-electron chi connectivity index (χ4n) is 4.36. The van der Waals surface area contributed by atoms with E-state index in [0.29, 0.717) is 30.9 Å². The minimum absolute atomic E-state index is 0.0703. The highest BCUT2D eigenvalue weighted by Gasteiger charge is 2.45. The molecule has 0 aliphatic carbocycles. The van der Waals surface area contributed by atoms with Gasteiger partial charge >= 0.3 is 0 Å². The number of Topliss-reactive ketones (excluding diaryl/α,β-unsaturated/α-hetero) is 1. The monoisotopic (exact) mass is 485 g/mol. The molecule has 186 valence electrons. The van der Waals surface area contributed by atoms with Gasteiger partial charge in [-0.25, -0.2) is 0 Å². The Balaban J connectivity index is 1.73. The maximum atomic E-state index is 13.3. The van der Waals surface area contributed by atoms with Crippen LogP contribution in [0.2, 0.25) is 0 Å². The maximum absolute atomic E-state index is 13.3. The fourth-order valence-corrected chi connectivity index (χ4v) is 4.36. The molecule has 0 spiro atoms. The second-order valence-electron chi connectivity index (χ2n) is 8.73. The molecule has 1 unspecified atom stereocenters. The number of unbranched alkanes of at least 4 members (excludes halogenated alkanes) is 1. The van der Waals surface area contributed by atoms with Crippen LogP contribution in [-0.4, -0.2) is 42.0 Å². The number of ketones is 1. The van der Waals surface area contributed by atoms with Crippen LogP contribution in [-0.2, 0) is 16.0 Å². The van der Waals surface area contributed by atoms with Gasteiger partial charge in [-0.15, -0.1) is 0 Å². The number of methoxy groups -OCH3 is 1. The molecule has 1 fully saturated rings. The summed E-state index contributed by atoms with van der Waals surface area (Å²) in [4.78, 5) is 28.0. The first-order valence-electron chi connectivity index (χ1n) is 12.2. The lowest BCUT2D eigenvalue weighted by Crippen LogP contribution is -2.31. The molecular weight excluding hydrogens is 454 g/mol. The molecule has 6 nitrogen and oxygen atoms in total. The Kier molecular flexibility index (Phi) is 8.06. The van der Waals surface area contributed by atoms with Gasteiger partial charge < -0.3 is 19.5 Å². The molecule has 0 aromatic heterocycles. The number of hydrogen-bond acceptors (Lipinski definition) is 5. The Morgan fingerprint density at radius 3 is 2.39 bits per heavy atom. The second-order valence-corrected chi connectivity index (χ2v) is 8.73. The minimum atomic E-state index is -0.718. The Hall–Kier alpha value is -4.06. The van der Waals surface area contributed by atoms with Crippen molar-refractivity contribution in [1.82, 2.24) is 4.90 Å². The molecule has 1 heterocycles. The van der Waals surface area contributed by atoms with Crippen molar-refractivity contribution in [3.8, 4) is 11.5 Å². The molecule has 1 saturated heterocycles. The van der Waals surface area contributed by atoms with E-state index in [0.717, 1.165) is 29.7 Å². The smallest absolute Gasteiger partial charge is 0.295 e. The van der Waals surface area contributed by atoms with E-state index in [-0.39, 0.29) is 11.3 Å². The molecule has 36 heavy (non-hydrogen) atoms. The number of hydrogen-bond donors (Lipinski definition) is 1. The molecule has 1 aliphatic heterocycles. The number of amides is 1. The van der Waals surface area contributed by atoms with Crippen molar-refractivity contribution in [3.63, 3.8) is 0 Å². The van der Waals surface area contributed by atoms with Gasteiger partial charge in [0.2, 0.25) is 0 Å². The molecule has 1 atom stereocenters. The van der Waals surface area contributed by atoms with Crippen LogP contribution in [0.5, 0.6) is 11.5 Å².